The molecule has 0 aliphatic heterocycles. The molecular weight excluding hydrogens is 326 g/mol. The third-order valence-electron chi connectivity index (χ3n) is 3.95. The van der Waals surface area contributed by atoms with Crippen molar-refractivity contribution in [3.05, 3.63) is 51.3 Å². The molecule has 3 nitrogen and oxygen atoms in total. The van der Waals surface area contributed by atoms with Gasteiger partial charge in [-0.25, -0.2) is 0 Å². The first-order valence-electron chi connectivity index (χ1n) is 7.57. The minimum absolute atomic E-state index is 0.300. The van der Waals surface area contributed by atoms with Crippen molar-refractivity contribution in [3.63, 3.8) is 0 Å². The molecule has 0 amide bonds. The Morgan fingerprint density at radius 2 is 2.05 bits per heavy atom. The van der Waals surface area contributed by atoms with E-state index in [1.807, 2.05) is 7.05 Å². The highest BCUT2D eigenvalue weighted by Gasteiger charge is 2.16. The first-order valence-corrected chi connectivity index (χ1v) is 8.37. The van der Waals surface area contributed by atoms with Crippen LogP contribution in [0.4, 0.5) is 0 Å². The van der Waals surface area contributed by atoms with E-state index in [-0.39, 0.29) is 0 Å². The van der Waals surface area contributed by atoms with Gasteiger partial charge in [0.25, 0.3) is 0 Å². The molecule has 1 unspecified atom stereocenters. The summed E-state index contributed by atoms with van der Waals surface area (Å²) in [6, 6.07) is 9.01. The van der Waals surface area contributed by atoms with Crippen LogP contribution < -0.4 is 5.32 Å². The van der Waals surface area contributed by atoms with Gasteiger partial charge in [-0.05, 0) is 56.6 Å². The molecule has 1 N–H and O–H groups in total. The minimum Gasteiger partial charge on any atom is -0.313 e. The van der Waals surface area contributed by atoms with E-state index < -0.39 is 0 Å². The first kappa shape index (κ1) is 16.2. The maximum atomic E-state index is 4.65. The Hall–Kier alpha value is -1.13. The van der Waals surface area contributed by atoms with Gasteiger partial charge in [-0.2, -0.15) is 5.10 Å². The Kier molecular flexibility index (Phi) is 5.59. The van der Waals surface area contributed by atoms with Gasteiger partial charge < -0.3 is 5.32 Å². The van der Waals surface area contributed by atoms with Crippen LogP contribution in [0.15, 0.2) is 28.7 Å². The van der Waals surface area contributed by atoms with E-state index in [2.05, 4.69) is 76.1 Å². The van der Waals surface area contributed by atoms with Crippen LogP contribution in [0.2, 0.25) is 0 Å². The van der Waals surface area contributed by atoms with Gasteiger partial charge >= 0.3 is 0 Å². The summed E-state index contributed by atoms with van der Waals surface area (Å²) in [6.07, 6.45) is 1.94. The summed E-state index contributed by atoms with van der Waals surface area (Å²) in [6.45, 7) is 7.39. The van der Waals surface area contributed by atoms with Gasteiger partial charge in [0.2, 0.25) is 0 Å². The monoisotopic (exact) mass is 349 g/mol. The number of benzene rings is 1. The Bertz CT molecular complexity index is 604. The van der Waals surface area contributed by atoms with E-state index in [9.17, 15) is 0 Å². The molecule has 114 valence electrons. The van der Waals surface area contributed by atoms with E-state index in [1.54, 1.807) is 0 Å². The van der Waals surface area contributed by atoms with Gasteiger partial charge in [-0.15, -0.1) is 0 Å². The minimum atomic E-state index is 0.300. The molecule has 1 heterocycles. The number of hydrogen-bond acceptors (Lipinski definition) is 2. The number of halogens is 1. The molecule has 0 bridgehead atoms. The quantitative estimate of drug-likeness (QED) is 0.852. The molecular formula is C17H24BrN3. The zero-order valence-electron chi connectivity index (χ0n) is 13.3. The predicted octanol–water partition coefficient (Wildman–Crippen LogP) is 4.04. The van der Waals surface area contributed by atoms with Gasteiger partial charge in [-0.3, -0.25) is 4.68 Å². The summed E-state index contributed by atoms with van der Waals surface area (Å²) in [5.74, 6) is 0. The summed E-state index contributed by atoms with van der Waals surface area (Å²) in [7, 11) is 2.03. The van der Waals surface area contributed by atoms with Crippen LogP contribution in [0.5, 0.6) is 0 Å². The van der Waals surface area contributed by atoms with Crippen LogP contribution in [0, 0.1) is 6.92 Å². The number of aryl methyl sites for hydroxylation is 3. The van der Waals surface area contributed by atoms with Crippen LogP contribution in [-0.4, -0.2) is 16.8 Å². The highest BCUT2D eigenvalue weighted by Crippen LogP contribution is 2.25. The molecule has 4 heteroatoms. The Balaban J connectivity index is 2.30. The molecule has 21 heavy (non-hydrogen) atoms. The molecule has 0 fully saturated rings. The van der Waals surface area contributed by atoms with Gasteiger partial charge in [0.1, 0.15) is 0 Å². The molecule has 0 aliphatic carbocycles. The standard InChI is InChI=1S/C17H24BrN3/c1-5-14-10-15(21(6-2)20-14)11-17(19-4)16-9-13(18)8-7-12(16)3/h7-10,17,19H,5-6,11H2,1-4H3. The lowest BCUT2D eigenvalue weighted by atomic mass is 9.97. The number of aromatic nitrogens is 2. The topological polar surface area (TPSA) is 29.9 Å². The second-order valence-electron chi connectivity index (χ2n) is 5.34. The van der Waals surface area contributed by atoms with Crippen molar-refractivity contribution in [3.8, 4) is 0 Å². The summed E-state index contributed by atoms with van der Waals surface area (Å²) >= 11 is 3.58. The molecule has 2 rings (SSSR count). The highest BCUT2D eigenvalue weighted by molar-refractivity contribution is 9.10. The Morgan fingerprint density at radius 1 is 1.29 bits per heavy atom. The SMILES string of the molecule is CCc1cc(CC(NC)c2cc(Br)ccc2C)n(CC)n1. The van der Waals surface area contributed by atoms with Crippen molar-refractivity contribution >= 4 is 15.9 Å². The third-order valence-corrected chi connectivity index (χ3v) is 4.45. The van der Waals surface area contributed by atoms with E-state index in [0.717, 1.165) is 23.9 Å². The molecule has 0 spiro atoms. The van der Waals surface area contributed by atoms with Crippen LogP contribution in [0.3, 0.4) is 0 Å². The summed E-state index contributed by atoms with van der Waals surface area (Å²) in [5, 5.41) is 8.10. The third kappa shape index (κ3) is 3.74. The molecule has 0 aliphatic rings. The van der Waals surface area contributed by atoms with Crippen LogP contribution in [0.25, 0.3) is 0 Å². The van der Waals surface area contributed by atoms with E-state index in [1.165, 1.54) is 22.5 Å². The molecule has 0 saturated carbocycles. The van der Waals surface area contributed by atoms with Gasteiger partial charge in [0.15, 0.2) is 0 Å². The second kappa shape index (κ2) is 7.23. The predicted molar refractivity (Wildman–Crippen MR) is 91.7 cm³/mol. The van der Waals surface area contributed by atoms with Crippen molar-refractivity contribution in [1.29, 1.82) is 0 Å². The number of hydrogen-bond donors (Lipinski definition) is 1. The molecule has 1 aromatic carbocycles. The molecule has 1 atom stereocenters. The Morgan fingerprint density at radius 3 is 2.67 bits per heavy atom. The van der Waals surface area contributed by atoms with E-state index in [4.69, 9.17) is 0 Å². The smallest absolute Gasteiger partial charge is 0.0624 e. The van der Waals surface area contributed by atoms with E-state index >= 15 is 0 Å². The summed E-state index contributed by atoms with van der Waals surface area (Å²) in [5.41, 5.74) is 5.13. The Labute approximate surface area is 135 Å². The van der Waals surface area contributed by atoms with Crippen molar-refractivity contribution < 1.29 is 0 Å². The highest BCUT2D eigenvalue weighted by atomic mass is 79.9. The van der Waals surface area contributed by atoms with Crippen molar-refractivity contribution in [1.82, 2.24) is 15.1 Å². The fourth-order valence-electron chi connectivity index (χ4n) is 2.69. The van der Waals surface area contributed by atoms with Crippen molar-refractivity contribution in [2.24, 2.45) is 0 Å². The molecule has 0 saturated heterocycles. The van der Waals surface area contributed by atoms with Crippen molar-refractivity contribution in [2.45, 2.75) is 46.2 Å². The zero-order chi connectivity index (χ0) is 15.4. The first-order chi connectivity index (χ1) is 10.1. The summed E-state index contributed by atoms with van der Waals surface area (Å²) in [4.78, 5) is 0. The zero-order valence-corrected chi connectivity index (χ0v) is 14.9. The number of nitrogens with one attached hydrogen (secondary N) is 1. The number of likely N-dealkylation sites (N-methyl/N-ethyl adjacent to an activating group) is 1. The molecule has 1 aromatic heterocycles. The second-order valence-corrected chi connectivity index (χ2v) is 6.26. The lowest BCUT2D eigenvalue weighted by Gasteiger charge is -2.19. The fourth-order valence-corrected chi connectivity index (χ4v) is 3.07. The maximum Gasteiger partial charge on any atom is 0.0624 e. The van der Waals surface area contributed by atoms with Gasteiger partial charge in [-0.1, -0.05) is 28.9 Å². The molecule has 2 aromatic rings. The average Bonchev–Trinajstić information content (AvgIpc) is 2.89. The normalized spacial score (nSPS) is 12.6. The van der Waals surface area contributed by atoms with Gasteiger partial charge in [0.05, 0.1) is 5.69 Å². The van der Waals surface area contributed by atoms with Crippen LogP contribution in [0.1, 0.15) is 42.4 Å². The maximum absolute atomic E-state index is 4.65. The van der Waals surface area contributed by atoms with E-state index in [0.29, 0.717) is 6.04 Å². The number of nitrogens with zero attached hydrogens (tertiary/aromatic N) is 2. The lowest BCUT2D eigenvalue weighted by Crippen LogP contribution is -2.21. The van der Waals surface area contributed by atoms with Gasteiger partial charge in [0, 0.05) is 29.2 Å². The van der Waals surface area contributed by atoms with Crippen LogP contribution >= 0.6 is 15.9 Å². The average molecular weight is 350 g/mol. The van der Waals surface area contributed by atoms with Crippen LogP contribution in [-0.2, 0) is 19.4 Å². The molecule has 0 radical (unpaired) electrons. The fraction of sp³-hybridized carbons (Fsp3) is 0.471. The lowest BCUT2D eigenvalue weighted by molar-refractivity contribution is 0.538. The summed E-state index contributed by atoms with van der Waals surface area (Å²) < 4.78 is 3.25. The van der Waals surface area contributed by atoms with Crippen molar-refractivity contribution in [2.75, 3.05) is 7.05 Å². The number of rotatable bonds is 6. The largest absolute Gasteiger partial charge is 0.313 e.